The third-order valence-corrected chi connectivity index (χ3v) is 4.21. The Morgan fingerprint density at radius 1 is 1.20 bits per heavy atom. The molecule has 4 N–H and O–H groups in total. The SMILES string of the molecule is CN[C@@H](C)Cc1ccc(O[C@@H]2O[C@H](C(=O)OC)[C@@H](O)[C@H](O)[C@H]2O)cc1. The highest BCUT2D eigenvalue weighted by Gasteiger charge is 2.48. The summed E-state index contributed by atoms with van der Waals surface area (Å²) in [6, 6.07) is 7.49. The van der Waals surface area contributed by atoms with Gasteiger partial charge in [0.15, 0.2) is 6.10 Å². The lowest BCUT2D eigenvalue weighted by Gasteiger charge is -2.38. The normalized spacial score (nSPS) is 30.6. The first-order valence-corrected chi connectivity index (χ1v) is 8.07. The van der Waals surface area contributed by atoms with Crippen LogP contribution in [0.4, 0.5) is 0 Å². The molecule has 8 heteroatoms. The molecule has 8 nitrogen and oxygen atoms in total. The molecule has 1 aliphatic heterocycles. The predicted octanol–water partition coefficient (Wildman–Crippen LogP) is -0.804. The maximum absolute atomic E-state index is 11.6. The Balaban J connectivity index is 2.06. The van der Waals surface area contributed by atoms with Crippen LogP contribution in [0.3, 0.4) is 0 Å². The Labute approximate surface area is 146 Å². The number of esters is 1. The van der Waals surface area contributed by atoms with Gasteiger partial charge in [0.05, 0.1) is 7.11 Å². The molecule has 0 unspecified atom stereocenters. The summed E-state index contributed by atoms with van der Waals surface area (Å²) in [4.78, 5) is 11.6. The second kappa shape index (κ2) is 8.59. The zero-order valence-corrected chi connectivity index (χ0v) is 14.5. The lowest BCUT2D eigenvalue weighted by Crippen LogP contribution is -2.61. The number of rotatable bonds is 6. The minimum absolute atomic E-state index is 0.327. The maximum Gasteiger partial charge on any atom is 0.337 e. The standard InChI is InChI=1S/C17H25NO7/c1-9(18-2)8-10-4-6-11(7-5-10)24-17-14(21)12(19)13(20)15(25-17)16(22)23-3/h4-7,9,12-15,17-21H,8H2,1-3H3/t9-,12-,13-,14+,15-,17+/m0/s1. The van der Waals surface area contributed by atoms with Crippen LogP contribution in [-0.2, 0) is 20.7 Å². The molecule has 140 valence electrons. The summed E-state index contributed by atoms with van der Waals surface area (Å²) in [7, 11) is 3.03. The number of nitrogens with one attached hydrogen (secondary N) is 1. The summed E-state index contributed by atoms with van der Waals surface area (Å²) < 4.78 is 15.3. The number of hydrogen-bond donors (Lipinski definition) is 4. The lowest BCUT2D eigenvalue weighted by atomic mass is 9.99. The van der Waals surface area contributed by atoms with Crippen LogP contribution >= 0.6 is 0 Å². The van der Waals surface area contributed by atoms with E-state index in [-0.39, 0.29) is 0 Å². The monoisotopic (exact) mass is 355 g/mol. The molecule has 1 aromatic rings. The highest BCUT2D eigenvalue weighted by molar-refractivity contribution is 5.75. The summed E-state index contributed by atoms with van der Waals surface area (Å²) in [5.41, 5.74) is 1.10. The Morgan fingerprint density at radius 2 is 1.84 bits per heavy atom. The van der Waals surface area contributed by atoms with Gasteiger partial charge in [0.2, 0.25) is 6.29 Å². The third-order valence-electron chi connectivity index (χ3n) is 4.21. The van der Waals surface area contributed by atoms with Crippen molar-refractivity contribution in [2.45, 2.75) is 50.1 Å². The average Bonchev–Trinajstić information content (AvgIpc) is 2.62. The highest BCUT2D eigenvalue weighted by atomic mass is 16.7. The minimum Gasteiger partial charge on any atom is -0.467 e. The van der Waals surface area contributed by atoms with Gasteiger partial charge in [-0.15, -0.1) is 0 Å². The fourth-order valence-corrected chi connectivity index (χ4v) is 2.55. The molecule has 1 aliphatic rings. The average molecular weight is 355 g/mol. The van der Waals surface area contributed by atoms with E-state index in [4.69, 9.17) is 9.47 Å². The first kappa shape index (κ1) is 19.6. The van der Waals surface area contributed by atoms with Gasteiger partial charge in [-0.05, 0) is 38.1 Å². The van der Waals surface area contributed by atoms with E-state index in [9.17, 15) is 20.1 Å². The molecule has 0 amide bonds. The quantitative estimate of drug-likeness (QED) is 0.490. The molecule has 0 aromatic heterocycles. The number of carbonyl (C=O) groups excluding carboxylic acids is 1. The van der Waals surface area contributed by atoms with E-state index in [1.807, 2.05) is 19.2 Å². The number of benzene rings is 1. The van der Waals surface area contributed by atoms with Gasteiger partial charge in [-0.2, -0.15) is 0 Å². The largest absolute Gasteiger partial charge is 0.467 e. The van der Waals surface area contributed by atoms with Crippen molar-refractivity contribution in [1.29, 1.82) is 0 Å². The maximum atomic E-state index is 11.6. The van der Waals surface area contributed by atoms with Gasteiger partial charge in [-0.3, -0.25) is 0 Å². The van der Waals surface area contributed by atoms with Gasteiger partial charge in [-0.1, -0.05) is 12.1 Å². The summed E-state index contributed by atoms with van der Waals surface area (Å²) in [5.74, 6) is -0.458. The van der Waals surface area contributed by atoms with Gasteiger partial charge < -0.3 is 34.8 Å². The van der Waals surface area contributed by atoms with Crippen LogP contribution in [0.5, 0.6) is 5.75 Å². The number of aliphatic hydroxyl groups is 3. The van der Waals surface area contributed by atoms with Crippen molar-refractivity contribution in [3.05, 3.63) is 29.8 Å². The second-order valence-corrected chi connectivity index (χ2v) is 6.08. The number of aliphatic hydroxyl groups excluding tert-OH is 3. The summed E-state index contributed by atoms with van der Waals surface area (Å²) >= 11 is 0. The van der Waals surface area contributed by atoms with Crippen LogP contribution in [0.1, 0.15) is 12.5 Å². The first-order valence-electron chi connectivity index (χ1n) is 8.07. The van der Waals surface area contributed by atoms with Crippen LogP contribution in [-0.4, -0.2) is 72.2 Å². The van der Waals surface area contributed by atoms with E-state index in [1.165, 1.54) is 0 Å². The van der Waals surface area contributed by atoms with E-state index in [1.54, 1.807) is 12.1 Å². The van der Waals surface area contributed by atoms with Gasteiger partial charge >= 0.3 is 5.97 Å². The van der Waals surface area contributed by atoms with Crippen molar-refractivity contribution in [2.75, 3.05) is 14.2 Å². The Hall–Kier alpha value is -1.71. The molecule has 0 spiro atoms. The molecule has 6 atom stereocenters. The number of methoxy groups -OCH3 is 1. The van der Waals surface area contributed by atoms with Crippen molar-refractivity contribution in [1.82, 2.24) is 5.32 Å². The van der Waals surface area contributed by atoms with Crippen molar-refractivity contribution >= 4 is 5.97 Å². The van der Waals surface area contributed by atoms with Crippen LogP contribution in [0.25, 0.3) is 0 Å². The first-order chi connectivity index (χ1) is 11.9. The van der Waals surface area contributed by atoms with Gasteiger partial charge in [0.1, 0.15) is 24.1 Å². The fraction of sp³-hybridized carbons (Fsp3) is 0.588. The molecule has 2 rings (SSSR count). The fourth-order valence-electron chi connectivity index (χ4n) is 2.55. The Bertz CT molecular complexity index is 565. The molecule has 0 radical (unpaired) electrons. The lowest BCUT2D eigenvalue weighted by molar-refractivity contribution is -0.271. The van der Waals surface area contributed by atoms with E-state index in [0.717, 1.165) is 19.1 Å². The molecule has 1 fully saturated rings. The van der Waals surface area contributed by atoms with Crippen LogP contribution in [0.2, 0.25) is 0 Å². The summed E-state index contributed by atoms with van der Waals surface area (Å²) in [6.45, 7) is 2.07. The van der Waals surface area contributed by atoms with Crippen LogP contribution < -0.4 is 10.1 Å². The molecule has 1 saturated heterocycles. The van der Waals surface area contributed by atoms with Gasteiger partial charge in [-0.25, -0.2) is 4.79 Å². The van der Waals surface area contributed by atoms with E-state index >= 15 is 0 Å². The van der Waals surface area contributed by atoms with Crippen molar-refractivity contribution in [3.63, 3.8) is 0 Å². The smallest absolute Gasteiger partial charge is 0.337 e. The molecule has 0 saturated carbocycles. The Morgan fingerprint density at radius 3 is 2.40 bits per heavy atom. The minimum atomic E-state index is -1.60. The summed E-state index contributed by atoms with van der Waals surface area (Å²) in [5, 5.41) is 32.9. The second-order valence-electron chi connectivity index (χ2n) is 6.08. The number of carbonyl (C=O) groups is 1. The molecule has 25 heavy (non-hydrogen) atoms. The predicted molar refractivity (Wildman–Crippen MR) is 88.0 cm³/mol. The van der Waals surface area contributed by atoms with Crippen LogP contribution in [0, 0.1) is 0 Å². The Kier molecular flexibility index (Phi) is 6.74. The van der Waals surface area contributed by atoms with Gasteiger partial charge in [0.25, 0.3) is 0 Å². The van der Waals surface area contributed by atoms with E-state index in [2.05, 4.69) is 17.0 Å². The zero-order chi connectivity index (χ0) is 18.6. The van der Waals surface area contributed by atoms with E-state index < -0.39 is 36.7 Å². The van der Waals surface area contributed by atoms with Crippen molar-refractivity contribution < 1.29 is 34.3 Å². The highest BCUT2D eigenvalue weighted by Crippen LogP contribution is 2.25. The van der Waals surface area contributed by atoms with E-state index in [0.29, 0.717) is 11.8 Å². The number of likely N-dealkylation sites (N-methyl/N-ethyl adjacent to an activating group) is 1. The van der Waals surface area contributed by atoms with Crippen molar-refractivity contribution in [2.24, 2.45) is 0 Å². The van der Waals surface area contributed by atoms with Gasteiger partial charge in [0, 0.05) is 6.04 Å². The molecule has 1 heterocycles. The summed E-state index contributed by atoms with van der Waals surface area (Å²) in [6.07, 6.45) is -6.63. The van der Waals surface area contributed by atoms with Crippen molar-refractivity contribution in [3.8, 4) is 5.75 Å². The molecule has 0 bridgehead atoms. The van der Waals surface area contributed by atoms with Crippen LogP contribution in [0.15, 0.2) is 24.3 Å². The topological polar surface area (TPSA) is 117 Å². The number of ether oxygens (including phenoxy) is 3. The molecular weight excluding hydrogens is 330 g/mol. The third kappa shape index (κ3) is 4.68. The number of hydrogen-bond acceptors (Lipinski definition) is 8. The zero-order valence-electron chi connectivity index (χ0n) is 14.5. The molecular formula is C17H25NO7. The molecule has 1 aromatic carbocycles. The molecule has 0 aliphatic carbocycles.